The standard InChI is InChI=1S/C10H23NO/c1-4-5-6-7-10(8-11-3)9(2)12/h9-12H,4-8H2,1-3H3/t9?,10-/m1/s1. The van der Waals surface area contributed by atoms with Gasteiger partial charge in [-0.1, -0.05) is 26.2 Å². The van der Waals surface area contributed by atoms with Gasteiger partial charge in [0, 0.05) is 6.54 Å². The first-order valence-corrected chi connectivity index (χ1v) is 5.05. The molecule has 0 aliphatic rings. The summed E-state index contributed by atoms with van der Waals surface area (Å²) in [7, 11) is 1.94. The van der Waals surface area contributed by atoms with Crippen LogP contribution in [0, 0.1) is 5.92 Å². The van der Waals surface area contributed by atoms with E-state index in [1.807, 2.05) is 14.0 Å². The summed E-state index contributed by atoms with van der Waals surface area (Å²) in [6.45, 7) is 5.02. The molecule has 0 rings (SSSR count). The maximum absolute atomic E-state index is 9.40. The van der Waals surface area contributed by atoms with Crippen molar-refractivity contribution in [2.24, 2.45) is 5.92 Å². The molecule has 0 saturated heterocycles. The van der Waals surface area contributed by atoms with Crippen molar-refractivity contribution in [3.8, 4) is 0 Å². The monoisotopic (exact) mass is 173 g/mol. The lowest BCUT2D eigenvalue weighted by Crippen LogP contribution is -2.27. The number of aliphatic hydroxyl groups is 1. The van der Waals surface area contributed by atoms with Gasteiger partial charge in [-0.05, 0) is 26.3 Å². The molecule has 2 atom stereocenters. The van der Waals surface area contributed by atoms with E-state index in [2.05, 4.69) is 12.2 Å². The number of unbranched alkanes of at least 4 members (excludes halogenated alkanes) is 2. The number of rotatable bonds is 7. The maximum Gasteiger partial charge on any atom is 0.0552 e. The lowest BCUT2D eigenvalue weighted by Gasteiger charge is -2.18. The molecule has 0 aromatic carbocycles. The lowest BCUT2D eigenvalue weighted by molar-refractivity contribution is 0.118. The fourth-order valence-corrected chi connectivity index (χ4v) is 1.43. The Morgan fingerprint density at radius 1 is 1.33 bits per heavy atom. The quantitative estimate of drug-likeness (QED) is 0.575. The van der Waals surface area contributed by atoms with E-state index in [-0.39, 0.29) is 6.10 Å². The van der Waals surface area contributed by atoms with Crippen LogP contribution in [0.5, 0.6) is 0 Å². The van der Waals surface area contributed by atoms with E-state index >= 15 is 0 Å². The summed E-state index contributed by atoms with van der Waals surface area (Å²) in [6, 6.07) is 0. The maximum atomic E-state index is 9.40. The molecule has 0 heterocycles. The van der Waals surface area contributed by atoms with Crippen molar-refractivity contribution in [2.45, 2.75) is 45.6 Å². The Bertz CT molecular complexity index is 93.8. The van der Waals surface area contributed by atoms with E-state index < -0.39 is 0 Å². The number of hydrogen-bond donors (Lipinski definition) is 2. The molecule has 74 valence electrons. The largest absolute Gasteiger partial charge is 0.393 e. The number of hydrogen-bond acceptors (Lipinski definition) is 2. The zero-order valence-electron chi connectivity index (χ0n) is 8.64. The minimum Gasteiger partial charge on any atom is -0.393 e. The first-order chi connectivity index (χ1) is 5.72. The van der Waals surface area contributed by atoms with Gasteiger partial charge in [-0.2, -0.15) is 0 Å². The van der Waals surface area contributed by atoms with Gasteiger partial charge in [0.15, 0.2) is 0 Å². The molecular weight excluding hydrogens is 150 g/mol. The predicted molar refractivity (Wildman–Crippen MR) is 53.2 cm³/mol. The average Bonchev–Trinajstić information content (AvgIpc) is 2.03. The molecule has 0 aromatic heterocycles. The van der Waals surface area contributed by atoms with Crippen LogP contribution in [0.2, 0.25) is 0 Å². The van der Waals surface area contributed by atoms with Crippen LogP contribution < -0.4 is 5.32 Å². The molecule has 12 heavy (non-hydrogen) atoms. The highest BCUT2D eigenvalue weighted by Gasteiger charge is 2.12. The van der Waals surface area contributed by atoms with E-state index in [9.17, 15) is 5.11 Å². The molecule has 2 N–H and O–H groups in total. The summed E-state index contributed by atoms with van der Waals surface area (Å²) in [5.74, 6) is 0.432. The Kier molecular flexibility index (Phi) is 7.51. The number of aliphatic hydroxyl groups excluding tert-OH is 1. The van der Waals surface area contributed by atoms with E-state index in [1.165, 1.54) is 19.3 Å². The third-order valence-electron chi connectivity index (χ3n) is 2.33. The summed E-state index contributed by atoms with van der Waals surface area (Å²) < 4.78 is 0. The highest BCUT2D eigenvalue weighted by molar-refractivity contribution is 4.66. The first-order valence-electron chi connectivity index (χ1n) is 5.05. The average molecular weight is 173 g/mol. The fourth-order valence-electron chi connectivity index (χ4n) is 1.43. The molecule has 0 saturated carbocycles. The summed E-state index contributed by atoms with van der Waals surface area (Å²) >= 11 is 0. The van der Waals surface area contributed by atoms with E-state index in [4.69, 9.17) is 0 Å². The van der Waals surface area contributed by atoms with Crippen molar-refractivity contribution in [1.82, 2.24) is 5.32 Å². The molecule has 0 bridgehead atoms. The zero-order chi connectivity index (χ0) is 9.40. The number of nitrogens with one attached hydrogen (secondary N) is 1. The van der Waals surface area contributed by atoms with Crippen LogP contribution in [0.15, 0.2) is 0 Å². The Balaban J connectivity index is 3.49. The van der Waals surface area contributed by atoms with Crippen molar-refractivity contribution in [1.29, 1.82) is 0 Å². The van der Waals surface area contributed by atoms with Gasteiger partial charge in [0.2, 0.25) is 0 Å². The first kappa shape index (κ1) is 11.9. The van der Waals surface area contributed by atoms with E-state index in [0.29, 0.717) is 5.92 Å². The van der Waals surface area contributed by atoms with E-state index in [0.717, 1.165) is 13.0 Å². The molecule has 0 fully saturated rings. The third-order valence-corrected chi connectivity index (χ3v) is 2.33. The molecule has 0 spiro atoms. The molecule has 2 nitrogen and oxygen atoms in total. The van der Waals surface area contributed by atoms with Crippen molar-refractivity contribution >= 4 is 0 Å². The highest BCUT2D eigenvalue weighted by Crippen LogP contribution is 2.12. The summed E-state index contributed by atoms with van der Waals surface area (Å²) in [4.78, 5) is 0. The van der Waals surface area contributed by atoms with Crippen LogP contribution in [0.1, 0.15) is 39.5 Å². The lowest BCUT2D eigenvalue weighted by atomic mass is 9.96. The zero-order valence-corrected chi connectivity index (χ0v) is 8.64. The van der Waals surface area contributed by atoms with Crippen molar-refractivity contribution < 1.29 is 5.11 Å². The van der Waals surface area contributed by atoms with Crippen LogP contribution in [0.3, 0.4) is 0 Å². The fraction of sp³-hybridized carbons (Fsp3) is 1.00. The second-order valence-electron chi connectivity index (χ2n) is 3.55. The molecule has 0 aliphatic carbocycles. The van der Waals surface area contributed by atoms with Gasteiger partial charge in [-0.15, -0.1) is 0 Å². The van der Waals surface area contributed by atoms with Gasteiger partial charge in [0.1, 0.15) is 0 Å². The SMILES string of the molecule is CCCCC[C@H](CNC)C(C)O. The van der Waals surface area contributed by atoms with Crippen LogP contribution in [-0.4, -0.2) is 24.8 Å². The van der Waals surface area contributed by atoms with Crippen LogP contribution >= 0.6 is 0 Å². The van der Waals surface area contributed by atoms with Gasteiger partial charge < -0.3 is 10.4 Å². The van der Waals surface area contributed by atoms with Gasteiger partial charge >= 0.3 is 0 Å². The van der Waals surface area contributed by atoms with Crippen LogP contribution in [0.4, 0.5) is 0 Å². The summed E-state index contributed by atoms with van der Waals surface area (Å²) in [5, 5.41) is 12.5. The Morgan fingerprint density at radius 3 is 2.42 bits per heavy atom. The second-order valence-corrected chi connectivity index (χ2v) is 3.55. The Labute approximate surface area is 76.4 Å². The Hall–Kier alpha value is -0.0800. The minimum atomic E-state index is -0.172. The van der Waals surface area contributed by atoms with Crippen LogP contribution in [-0.2, 0) is 0 Å². The van der Waals surface area contributed by atoms with Gasteiger partial charge in [0.25, 0.3) is 0 Å². The van der Waals surface area contributed by atoms with Gasteiger partial charge in [-0.25, -0.2) is 0 Å². The predicted octanol–water partition coefficient (Wildman–Crippen LogP) is 1.78. The summed E-state index contributed by atoms with van der Waals surface area (Å²) in [6.07, 6.45) is 4.76. The highest BCUT2D eigenvalue weighted by atomic mass is 16.3. The molecule has 0 radical (unpaired) electrons. The molecular formula is C10H23NO. The van der Waals surface area contributed by atoms with Crippen LogP contribution in [0.25, 0.3) is 0 Å². The second kappa shape index (κ2) is 7.56. The minimum absolute atomic E-state index is 0.172. The molecule has 0 amide bonds. The van der Waals surface area contributed by atoms with Gasteiger partial charge in [0.05, 0.1) is 6.10 Å². The molecule has 1 unspecified atom stereocenters. The van der Waals surface area contributed by atoms with Crippen molar-refractivity contribution in [3.63, 3.8) is 0 Å². The third kappa shape index (κ3) is 5.56. The molecule has 2 heteroatoms. The molecule has 0 aromatic rings. The van der Waals surface area contributed by atoms with E-state index in [1.54, 1.807) is 0 Å². The van der Waals surface area contributed by atoms with Crippen molar-refractivity contribution in [2.75, 3.05) is 13.6 Å². The summed E-state index contributed by atoms with van der Waals surface area (Å²) in [5.41, 5.74) is 0. The smallest absolute Gasteiger partial charge is 0.0552 e. The Morgan fingerprint density at radius 2 is 2.00 bits per heavy atom. The van der Waals surface area contributed by atoms with Gasteiger partial charge in [-0.3, -0.25) is 0 Å². The molecule has 0 aliphatic heterocycles. The van der Waals surface area contributed by atoms with Crippen molar-refractivity contribution in [3.05, 3.63) is 0 Å². The topological polar surface area (TPSA) is 32.3 Å². The normalized spacial score (nSPS) is 16.0.